The molecule has 0 unspecified atom stereocenters. The normalized spacial score (nSPS) is 19.4. The Morgan fingerprint density at radius 2 is 1.62 bits per heavy atom. The van der Waals surface area contributed by atoms with Gasteiger partial charge < -0.3 is 14.4 Å². The lowest BCUT2D eigenvalue weighted by atomic mass is 10.3. The molecule has 182 valence electrons. The van der Waals surface area contributed by atoms with Crippen molar-refractivity contribution in [2.45, 2.75) is 11.3 Å². The van der Waals surface area contributed by atoms with Crippen LogP contribution in [0.5, 0.6) is 11.5 Å². The van der Waals surface area contributed by atoms with Gasteiger partial charge in [0, 0.05) is 45.2 Å². The maximum atomic E-state index is 13.1. The number of carbonyl (C=O) groups is 4. The van der Waals surface area contributed by atoms with Crippen molar-refractivity contribution in [2.75, 3.05) is 52.5 Å². The summed E-state index contributed by atoms with van der Waals surface area (Å²) in [5.74, 6) is -1.78. The number of fused-ring (bicyclic) bond motifs is 1. The number of urea groups is 1. The van der Waals surface area contributed by atoms with E-state index in [9.17, 15) is 27.6 Å². The van der Waals surface area contributed by atoms with E-state index in [-0.39, 0.29) is 37.6 Å². The predicted molar refractivity (Wildman–Crippen MR) is 116 cm³/mol. The van der Waals surface area contributed by atoms with E-state index < -0.39 is 40.3 Å². The molecule has 0 spiro atoms. The van der Waals surface area contributed by atoms with E-state index in [4.69, 9.17) is 9.47 Å². The van der Waals surface area contributed by atoms with Crippen LogP contribution in [0, 0.1) is 0 Å². The third-order valence-electron chi connectivity index (χ3n) is 5.69. The fourth-order valence-electron chi connectivity index (χ4n) is 3.85. The van der Waals surface area contributed by atoms with Crippen LogP contribution in [0.15, 0.2) is 35.7 Å². The van der Waals surface area contributed by atoms with Crippen molar-refractivity contribution in [3.05, 3.63) is 30.9 Å². The summed E-state index contributed by atoms with van der Waals surface area (Å²) in [6, 6.07) is 3.58. The molecule has 0 radical (unpaired) electrons. The number of hydrogen-bond donors (Lipinski definition) is 0. The van der Waals surface area contributed by atoms with Gasteiger partial charge in [0.2, 0.25) is 15.9 Å². The first kappa shape index (κ1) is 23.7. The third kappa shape index (κ3) is 4.35. The van der Waals surface area contributed by atoms with E-state index in [1.165, 1.54) is 27.4 Å². The molecule has 0 bridgehead atoms. The van der Waals surface area contributed by atoms with Gasteiger partial charge >= 0.3 is 17.8 Å². The monoisotopic (exact) mass is 492 g/mol. The van der Waals surface area contributed by atoms with Crippen LogP contribution in [0.4, 0.5) is 4.79 Å². The van der Waals surface area contributed by atoms with Crippen molar-refractivity contribution in [1.82, 2.24) is 19.0 Å². The minimum absolute atomic E-state index is 0.0337. The molecule has 3 heterocycles. The third-order valence-corrected chi connectivity index (χ3v) is 7.58. The van der Waals surface area contributed by atoms with E-state index >= 15 is 0 Å². The second-order valence-electron chi connectivity index (χ2n) is 7.82. The predicted octanol–water partition coefficient (Wildman–Crippen LogP) is -0.342. The summed E-state index contributed by atoms with van der Waals surface area (Å²) < 4.78 is 38.6. The number of imide groups is 2. The molecular weight excluding hydrogens is 468 g/mol. The maximum Gasteiger partial charge on any atom is 0.335 e. The fraction of sp³-hybridized carbons (Fsp3) is 0.429. The summed E-state index contributed by atoms with van der Waals surface area (Å²) in [6.07, 6.45) is 2.00. The van der Waals surface area contributed by atoms with E-state index in [1.54, 1.807) is 6.07 Å². The summed E-state index contributed by atoms with van der Waals surface area (Å²) in [7, 11) is -3.84. The number of rotatable bonds is 6. The van der Waals surface area contributed by atoms with Gasteiger partial charge in [0.25, 0.3) is 0 Å². The van der Waals surface area contributed by atoms with E-state index in [0.29, 0.717) is 40.9 Å². The molecule has 4 rings (SSSR count). The second-order valence-corrected chi connectivity index (χ2v) is 9.76. The molecule has 1 aromatic rings. The van der Waals surface area contributed by atoms with Gasteiger partial charge in [-0.3, -0.25) is 19.3 Å². The summed E-state index contributed by atoms with van der Waals surface area (Å²) in [4.78, 5) is 51.7. The molecule has 5 amide bonds. The first-order valence-corrected chi connectivity index (χ1v) is 12.1. The number of ether oxygens (including phenoxy) is 2. The molecule has 34 heavy (non-hydrogen) atoms. The van der Waals surface area contributed by atoms with Crippen LogP contribution in [0.3, 0.4) is 0 Å². The number of piperazine rings is 1. The molecule has 13 heteroatoms. The van der Waals surface area contributed by atoms with Crippen LogP contribution in [0.1, 0.15) is 6.42 Å². The topological polar surface area (TPSA) is 134 Å². The number of benzene rings is 1. The molecule has 0 N–H and O–H groups in total. The Balaban J connectivity index is 1.38. The molecule has 1 aromatic carbocycles. The SMILES string of the molecule is C=CCN1C(=O)C(=O)N(CC(=O)N2CCN(S(=O)(=O)c3ccc4c(c3)OCCCO4)CC2)C1=O. The number of amides is 5. The van der Waals surface area contributed by atoms with Gasteiger partial charge in [-0.1, -0.05) is 6.08 Å². The molecule has 0 atom stereocenters. The van der Waals surface area contributed by atoms with Gasteiger partial charge in [0.15, 0.2) is 11.5 Å². The van der Waals surface area contributed by atoms with E-state index in [2.05, 4.69) is 6.58 Å². The highest BCUT2D eigenvalue weighted by molar-refractivity contribution is 7.89. The Labute approximate surface area is 196 Å². The number of nitrogens with zero attached hydrogens (tertiary/aromatic N) is 4. The summed E-state index contributed by atoms with van der Waals surface area (Å²) in [5.41, 5.74) is 0. The van der Waals surface area contributed by atoms with Gasteiger partial charge in [0.05, 0.1) is 18.1 Å². The van der Waals surface area contributed by atoms with Gasteiger partial charge in [-0.05, 0) is 12.1 Å². The standard InChI is InChI=1S/C21H24N4O8S/c1-2-6-24-19(27)20(28)25(21(24)29)14-18(26)22-7-9-23(10-8-22)34(30,31)15-4-5-16-17(13-15)33-12-3-11-32-16/h2,4-5,13H,1,3,6-12,14H2. The van der Waals surface area contributed by atoms with Gasteiger partial charge in [-0.15, -0.1) is 6.58 Å². The first-order valence-electron chi connectivity index (χ1n) is 10.7. The number of hydrogen-bond acceptors (Lipinski definition) is 8. The van der Waals surface area contributed by atoms with Crippen molar-refractivity contribution in [2.24, 2.45) is 0 Å². The van der Waals surface area contributed by atoms with Gasteiger partial charge in [0.1, 0.15) is 6.54 Å². The highest BCUT2D eigenvalue weighted by Crippen LogP contribution is 2.33. The Hall–Kier alpha value is -3.45. The zero-order chi connectivity index (χ0) is 24.5. The Morgan fingerprint density at radius 1 is 0.971 bits per heavy atom. The largest absolute Gasteiger partial charge is 0.490 e. The number of carbonyl (C=O) groups excluding carboxylic acids is 4. The lowest BCUT2D eigenvalue weighted by molar-refractivity contribution is -0.145. The minimum Gasteiger partial charge on any atom is -0.490 e. The van der Waals surface area contributed by atoms with E-state index in [0.717, 1.165) is 0 Å². The lowest BCUT2D eigenvalue weighted by Gasteiger charge is -2.34. The Morgan fingerprint density at radius 3 is 2.29 bits per heavy atom. The van der Waals surface area contributed by atoms with Crippen LogP contribution in [-0.4, -0.2) is 104 Å². The van der Waals surface area contributed by atoms with Gasteiger partial charge in [-0.25, -0.2) is 18.1 Å². The smallest absolute Gasteiger partial charge is 0.335 e. The van der Waals surface area contributed by atoms with Gasteiger partial charge in [-0.2, -0.15) is 4.31 Å². The van der Waals surface area contributed by atoms with Crippen molar-refractivity contribution in [3.8, 4) is 11.5 Å². The zero-order valence-electron chi connectivity index (χ0n) is 18.3. The average Bonchev–Trinajstić information content (AvgIpc) is 3.01. The molecule has 2 fully saturated rings. The maximum absolute atomic E-state index is 13.1. The summed E-state index contributed by atoms with van der Waals surface area (Å²) >= 11 is 0. The van der Waals surface area contributed by atoms with Crippen molar-refractivity contribution in [1.29, 1.82) is 0 Å². The van der Waals surface area contributed by atoms with Crippen LogP contribution in [0.25, 0.3) is 0 Å². The Bertz CT molecular complexity index is 1140. The Kier molecular flexibility index (Phi) is 6.57. The molecule has 3 aliphatic heterocycles. The molecule has 0 aromatic heterocycles. The van der Waals surface area contributed by atoms with Crippen LogP contribution >= 0.6 is 0 Å². The molecule has 0 saturated carbocycles. The average molecular weight is 493 g/mol. The van der Waals surface area contributed by atoms with Crippen LogP contribution in [0.2, 0.25) is 0 Å². The highest BCUT2D eigenvalue weighted by atomic mass is 32.2. The zero-order valence-corrected chi connectivity index (χ0v) is 19.2. The van der Waals surface area contributed by atoms with Crippen LogP contribution in [-0.2, 0) is 24.4 Å². The molecule has 0 aliphatic carbocycles. The second kappa shape index (κ2) is 9.43. The first-order chi connectivity index (χ1) is 16.2. The van der Waals surface area contributed by atoms with Crippen molar-refractivity contribution >= 4 is 33.8 Å². The molecule has 12 nitrogen and oxygen atoms in total. The summed E-state index contributed by atoms with van der Waals surface area (Å²) in [5, 5.41) is 0. The number of sulfonamides is 1. The van der Waals surface area contributed by atoms with Crippen molar-refractivity contribution < 1.29 is 37.1 Å². The highest BCUT2D eigenvalue weighted by Gasteiger charge is 2.45. The lowest BCUT2D eigenvalue weighted by Crippen LogP contribution is -2.53. The molecular formula is C21H24N4O8S. The molecule has 2 saturated heterocycles. The molecule has 3 aliphatic rings. The minimum atomic E-state index is -3.84. The van der Waals surface area contributed by atoms with Crippen LogP contribution < -0.4 is 9.47 Å². The van der Waals surface area contributed by atoms with E-state index in [1.807, 2.05) is 0 Å². The quantitative estimate of drug-likeness (QED) is 0.299. The summed E-state index contributed by atoms with van der Waals surface area (Å²) in [6.45, 7) is 3.84. The fourth-order valence-corrected chi connectivity index (χ4v) is 5.28. The van der Waals surface area contributed by atoms with Crippen molar-refractivity contribution in [3.63, 3.8) is 0 Å².